The van der Waals surface area contributed by atoms with Gasteiger partial charge in [-0.2, -0.15) is 11.8 Å². The molecule has 15 heavy (non-hydrogen) atoms. The Hall–Kier alpha value is -1.16. The van der Waals surface area contributed by atoms with Crippen LogP contribution in [0.1, 0.15) is 10.4 Å². The van der Waals surface area contributed by atoms with E-state index in [1.165, 1.54) is 0 Å². The van der Waals surface area contributed by atoms with Crippen LogP contribution in [0.4, 0.5) is 0 Å². The fourth-order valence-corrected chi connectivity index (χ4v) is 1.36. The van der Waals surface area contributed by atoms with E-state index >= 15 is 0 Å². The van der Waals surface area contributed by atoms with Crippen LogP contribution in [0.3, 0.4) is 0 Å². The van der Waals surface area contributed by atoms with Gasteiger partial charge in [0.05, 0.1) is 13.7 Å². The number of aldehydes is 1. The van der Waals surface area contributed by atoms with Gasteiger partial charge in [-0.25, -0.2) is 0 Å². The molecule has 0 fully saturated rings. The maximum atomic E-state index is 10.5. The van der Waals surface area contributed by atoms with Crippen LogP contribution >= 0.6 is 11.8 Å². The number of carbonyl (C=O) groups is 1. The van der Waals surface area contributed by atoms with Crippen LogP contribution in [0, 0.1) is 0 Å². The van der Waals surface area contributed by atoms with E-state index < -0.39 is 0 Å². The molecule has 0 saturated heterocycles. The molecule has 0 saturated carbocycles. The van der Waals surface area contributed by atoms with Gasteiger partial charge in [-0.15, -0.1) is 0 Å². The van der Waals surface area contributed by atoms with Crippen molar-refractivity contribution in [1.29, 1.82) is 0 Å². The first-order chi connectivity index (χ1) is 7.31. The van der Waals surface area contributed by atoms with Gasteiger partial charge in [-0.3, -0.25) is 4.79 Å². The first-order valence-corrected chi connectivity index (χ1v) is 5.96. The van der Waals surface area contributed by atoms with Crippen LogP contribution in [0.25, 0.3) is 0 Å². The largest absolute Gasteiger partial charge is 0.493 e. The van der Waals surface area contributed by atoms with E-state index in [-0.39, 0.29) is 0 Å². The van der Waals surface area contributed by atoms with Crippen molar-refractivity contribution in [2.75, 3.05) is 25.7 Å². The lowest BCUT2D eigenvalue weighted by Gasteiger charge is -2.10. The molecular weight excluding hydrogens is 212 g/mol. The number of carbonyl (C=O) groups excluding carboxylic acids is 1. The molecule has 0 amide bonds. The standard InChI is InChI=1S/C11H14O3S/c1-13-11-7-9(8-12)3-4-10(11)14-5-6-15-2/h3-4,7-8H,5-6H2,1-2H3. The molecule has 4 heteroatoms. The summed E-state index contributed by atoms with van der Waals surface area (Å²) in [5.41, 5.74) is 0.587. The SMILES string of the molecule is COc1cc(C=O)ccc1OCCSC. The van der Waals surface area contributed by atoms with Gasteiger partial charge < -0.3 is 9.47 Å². The molecule has 1 aromatic carbocycles. The zero-order valence-corrected chi connectivity index (χ0v) is 9.67. The normalized spacial score (nSPS) is 9.73. The Labute approximate surface area is 93.8 Å². The molecule has 0 radical (unpaired) electrons. The van der Waals surface area contributed by atoms with Gasteiger partial charge in [-0.05, 0) is 24.5 Å². The minimum absolute atomic E-state index is 0.587. The average Bonchev–Trinajstić information content (AvgIpc) is 2.29. The monoisotopic (exact) mass is 226 g/mol. The Balaban J connectivity index is 2.73. The second kappa shape index (κ2) is 6.35. The van der Waals surface area contributed by atoms with Crippen LogP contribution in [0.5, 0.6) is 11.5 Å². The third-order valence-corrected chi connectivity index (χ3v) is 2.44. The molecule has 0 unspecified atom stereocenters. The molecule has 3 nitrogen and oxygen atoms in total. The second-order valence-corrected chi connectivity index (χ2v) is 3.86. The molecule has 0 aliphatic heterocycles. The number of methoxy groups -OCH3 is 1. The summed E-state index contributed by atoms with van der Waals surface area (Å²) in [7, 11) is 1.56. The van der Waals surface area contributed by atoms with Gasteiger partial charge in [0, 0.05) is 11.3 Å². The first-order valence-electron chi connectivity index (χ1n) is 4.56. The van der Waals surface area contributed by atoms with Gasteiger partial charge in [0.15, 0.2) is 11.5 Å². The summed E-state index contributed by atoms with van der Waals surface area (Å²) in [4.78, 5) is 10.5. The van der Waals surface area contributed by atoms with Gasteiger partial charge in [-0.1, -0.05) is 0 Å². The van der Waals surface area contributed by atoms with E-state index in [0.717, 1.165) is 12.0 Å². The summed E-state index contributed by atoms with van der Waals surface area (Å²) >= 11 is 1.72. The summed E-state index contributed by atoms with van der Waals surface area (Å²) in [6, 6.07) is 5.13. The Bertz CT molecular complexity index is 326. The van der Waals surface area contributed by atoms with Crippen LogP contribution in [-0.4, -0.2) is 32.0 Å². The van der Waals surface area contributed by atoms with Crippen molar-refractivity contribution in [3.05, 3.63) is 23.8 Å². The summed E-state index contributed by atoms with van der Waals surface area (Å²) in [6.07, 6.45) is 2.81. The van der Waals surface area contributed by atoms with Crippen molar-refractivity contribution in [2.24, 2.45) is 0 Å². The molecule has 0 spiro atoms. The van der Waals surface area contributed by atoms with Crippen molar-refractivity contribution in [3.8, 4) is 11.5 Å². The van der Waals surface area contributed by atoms with Crippen molar-refractivity contribution >= 4 is 18.0 Å². The zero-order chi connectivity index (χ0) is 11.1. The van der Waals surface area contributed by atoms with E-state index in [1.54, 1.807) is 37.1 Å². The Kier molecular flexibility index (Phi) is 5.04. The fraction of sp³-hybridized carbons (Fsp3) is 0.364. The highest BCUT2D eigenvalue weighted by Gasteiger charge is 2.04. The molecular formula is C11H14O3S. The third-order valence-electron chi connectivity index (χ3n) is 1.87. The molecule has 0 aliphatic carbocycles. The number of benzene rings is 1. The van der Waals surface area contributed by atoms with Gasteiger partial charge in [0.2, 0.25) is 0 Å². The van der Waals surface area contributed by atoms with Gasteiger partial charge in [0.25, 0.3) is 0 Å². The molecule has 1 rings (SSSR count). The average molecular weight is 226 g/mol. The Morgan fingerprint density at radius 3 is 2.80 bits per heavy atom. The van der Waals surface area contributed by atoms with Crippen molar-refractivity contribution in [2.45, 2.75) is 0 Å². The predicted molar refractivity (Wildman–Crippen MR) is 62.3 cm³/mol. The lowest BCUT2D eigenvalue weighted by atomic mass is 10.2. The van der Waals surface area contributed by atoms with Crippen molar-refractivity contribution < 1.29 is 14.3 Å². The highest BCUT2D eigenvalue weighted by Crippen LogP contribution is 2.27. The van der Waals surface area contributed by atoms with Gasteiger partial charge >= 0.3 is 0 Å². The highest BCUT2D eigenvalue weighted by molar-refractivity contribution is 7.98. The van der Waals surface area contributed by atoms with E-state index in [9.17, 15) is 4.79 Å². The predicted octanol–water partition coefficient (Wildman–Crippen LogP) is 2.25. The lowest BCUT2D eigenvalue weighted by Crippen LogP contribution is -2.01. The quantitative estimate of drug-likeness (QED) is 0.550. The van der Waals surface area contributed by atoms with Gasteiger partial charge in [0.1, 0.15) is 6.29 Å². The third kappa shape index (κ3) is 3.47. The molecule has 0 atom stereocenters. The molecule has 1 aromatic rings. The molecule has 0 bridgehead atoms. The van der Waals surface area contributed by atoms with Crippen LogP contribution in [0.2, 0.25) is 0 Å². The number of hydrogen-bond acceptors (Lipinski definition) is 4. The van der Waals surface area contributed by atoms with Crippen molar-refractivity contribution in [1.82, 2.24) is 0 Å². The molecule has 0 aromatic heterocycles. The van der Waals surface area contributed by atoms with Crippen LogP contribution in [0.15, 0.2) is 18.2 Å². The number of thioether (sulfide) groups is 1. The smallest absolute Gasteiger partial charge is 0.161 e. The van der Waals surface area contributed by atoms with Crippen LogP contribution < -0.4 is 9.47 Å². The summed E-state index contributed by atoms with van der Waals surface area (Å²) in [6.45, 7) is 0.637. The molecule has 0 heterocycles. The van der Waals surface area contributed by atoms with Crippen molar-refractivity contribution in [3.63, 3.8) is 0 Å². The summed E-state index contributed by atoms with van der Waals surface area (Å²) < 4.78 is 10.6. The summed E-state index contributed by atoms with van der Waals surface area (Å²) in [5.74, 6) is 2.20. The highest BCUT2D eigenvalue weighted by atomic mass is 32.2. The minimum atomic E-state index is 0.587. The van der Waals surface area contributed by atoms with E-state index in [2.05, 4.69) is 0 Å². The maximum Gasteiger partial charge on any atom is 0.161 e. The lowest BCUT2D eigenvalue weighted by molar-refractivity contribution is 0.112. The Morgan fingerprint density at radius 2 is 2.20 bits per heavy atom. The molecule has 0 N–H and O–H groups in total. The number of rotatable bonds is 6. The number of ether oxygens (including phenoxy) is 2. The molecule has 0 aliphatic rings. The minimum Gasteiger partial charge on any atom is -0.493 e. The maximum absolute atomic E-state index is 10.5. The zero-order valence-electron chi connectivity index (χ0n) is 8.86. The first kappa shape index (κ1) is 11.9. The van der Waals surface area contributed by atoms with E-state index in [1.807, 2.05) is 6.26 Å². The molecule has 82 valence electrons. The van der Waals surface area contributed by atoms with Crippen LogP contribution in [-0.2, 0) is 0 Å². The summed E-state index contributed by atoms with van der Waals surface area (Å²) in [5, 5.41) is 0. The Morgan fingerprint density at radius 1 is 1.40 bits per heavy atom. The number of hydrogen-bond donors (Lipinski definition) is 0. The van der Waals surface area contributed by atoms with E-state index in [4.69, 9.17) is 9.47 Å². The van der Waals surface area contributed by atoms with E-state index in [0.29, 0.717) is 23.7 Å². The fourth-order valence-electron chi connectivity index (χ4n) is 1.11. The topological polar surface area (TPSA) is 35.5 Å². The second-order valence-electron chi connectivity index (χ2n) is 2.87.